The van der Waals surface area contributed by atoms with Crippen molar-refractivity contribution in [2.75, 3.05) is 12.4 Å². The fourth-order valence-corrected chi connectivity index (χ4v) is 2.42. The summed E-state index contributed by atoms with van der Waals surface area (Å²) < 4.78 is 34.4. The van der Waals surface area contributed by atoms with E-state index in [2.05, 4.69) is 5.32 Å². The molecule has 0 aliphatic heterocycles. The van der Waals surface area contributed by atoms with Gasteiger partial charge in [0.25, 0.3) is 0 Å². The van der Waals surface area contributed by atoms with Crippen molar-refractivity contribution >= 4 is 16.4 Å². The molecule has 0 saturated carbocycles. The van der Waals surface area contributed by atoms with E-state index in [-0.39, 0.29) is 11.6 Å². The van der Waals surface area contributed by atoms with Crippen molar-refractivity contribution in [3.05, 3.63) is 53.8 Å². The van der Waals surface area contributed by atoms with Gasteiger partial charge >= 0.3 is 0 Å². The van der Waals surface area contributed by atoms with Gasteiger partial charge in [-0.3, -0.25) is 0 Å². The molecule has 0 amide bonds. The molecule has 2 aromatic rings. The molecule has 0 saturated heterocycles. The third-order valence-corrected chi connectivity index (χ3v) is 3.44. The van der Waals surface area contributed by atoms with Crippen LogP contribution in [-0.4, -0.2) is 15.5 Å². The monoisotopic (exact) mass is 279 g/mol. The highest BCUT2D eigenvalue weighted by Crippen LogP contribution is 2.29. The minimum absolute atomic E-state index is 0.0215. The van der Waals surface area contributed by atoms with Crippen LogP contribution in [0, 0.1) is 5.82 Å². The van der Waals surface area contributed by atoms with Crippen LogP contribution in [0.2, 0.25) is 0 Å². The van der Waals surface area contributed by atoms with Crippen LogP contribution in [0.25, 0.3) is 11.1 Å². The number of nitrogens with one attached hydrogen (secondary N) is 1. The maximum absolute atomic E-state index is 12.9. The second-order valence-corrected chi connectivity index (χ2v) is 5.11. The summed E-state index contributed by atoms with van der Waals surface area (Å²) in [4.78, 5) is 0. The lowest BCUT2D eigenvalue weighted by atomic mass is 10.0. The summed E-state index contributed by atoms with van der Waals surface area (Å²) in [6.45, 7) is 0. The van der Waals surface area contributed by atoms with Crippen molar-refractivity contribution in [1.82, 2.24) is 0 Å². The Hall–Kier alpha value is -1.88. The smallest absolute Gasteiger partial charge is 0.144 e. The molecule has 19 heavy (non-hydrogen) atoms. The SMILES string of the molecule is CNc1cc(C[SH](=O)=O)ccc1-c1ccc(F)cc1. The van der Waals surface area contributed by atoms with Crippen molar-refractivity contribution < 1.29 is 12.8 Å². The van der Waals surface area contributed by atoms with Gasteiger partial charge in [0.15, 0.2) is 0 Å². The zero-order valence-electron chi connectivity index (χ0n) is 10.4. The van der Waals surface area contributed by atoms with Crippen LogP contribution >= 0.6 is 0 Å². The van der Waals surface area contributed by atoms with E-state index in [4.69, 9.17) is 0 Å². The third-order valence-electron chi connectivity index (χ3n) is 2.82. The highest BCUT2D eigenvalue weighted by atomic mass is 32.2. The van der Waals surface area contributed by atoms with E-state index in [0.717, 1.165) is 22.4 Å². The van der Waals surface area contributed by atoms with Gasteiger partial charge in [-0.2, -0.15) is 0 Å². The van der Waals surface area contributed by atoms with E-state index in [0.29, 0.717) is 0 Å². The summed E-state index contributed by atoms with van der Waals surface area (Å²) >= 11 is 0. The molecule has 100 valence electrons. The van der Waals surface area contributed by atoms with Crippen molar-refractivity contribution in [3.63, 3.8) is 0 Å². The third kappa shape index (κ3) is 3.32. The second-order valence-electron chi connectivity index (χ2n) is 4.13. The van der Waals surface area contributed by atoms with Crippen LogP contribution in [0.5, 0.6) is 0 Å². The van der Waals surface area contributed by atoms with E-state index in [9.17, 15) is 12.8 Å². The quantitative estimate of drug-likeness (QED) is 0.846. The van der Waals surface area contributed by atoms with Gasteiger partial charge in [-0.05, 0) is 29.3 Å². The van der Waals surface area contributed by atoms with E-state index >= 15 is 0 Å². The van der Waals surface area contributed by atoms with Gasteiger partial charge in [-0.1, -0.05) is 24.3 Å². The number of halogens is 1. The Labute approximate surface area is 113 Å². The molecule has 0 atom stereocenters. The predicted octanol–water partition coefficient (Wildman–Crippen LogP) is 2.65. The number of hydrogen-bond acceptors (Lipinski definition) is 3. The molecule has 0 aliphatic rings. The summed E-state index contributed by atoms with van der Waals surface area (Å²) in [5.41, 5.74) is 3.34. The molecular weight excluding hydrogens is 265 g/mol. The van der Waals surface area contributed by atoms with Gasteiger partial charge < -0.3 is 5.32 Å². The lowest BCUT2D eigenvalue weighted by Crippen LogP contribution is -1.95. The minimum Gasteiger partial charge on any atom is -0.388 e. The lowest BCUT2D eigenvalue weighted by molar-refractivity contribution is 0.614. The number of thiol groups is 1. The molecule has 0 aromatic heterocycles. The molecule has 3 nitrogen and oxygen atoms in total. The van der Waals surface area contributed by atoms with Crippen molar-refractivity contribution in [2.45, 2.75) is 5.75 Å². The molecule has 0 radical (unpaired) electrons. The van der Waals surface area contributed by atoms with E-state index in [1.54, 1.807) is 31.3 Å². The zero-order chi connectivity index (χ0) is 13.8. The first-order valence-electron chi connectivity index (χ1n) is 5.78. The first kappa shape index (κ1) is 13.5. The first-order chi connectivity index (χ1) is 9.10. The first-order valence-corrected chi connectivity index (χ1v) is 7.15. The van der Waals surface area contributed by atoms with Gasteiger partial charge in [-0.15, -0.1) is 0 Å². The summed E-state index contributed by atoms with van der Waals surface area (Å²) in [5.74, 6) is -0.261. The minimum atomic E-state index is -2.44. The summed E-state index contributed by atoms with van der Waals surface area (Å²) in [6.07, 6.45) is 0. The lowest BCUT2D eigenvalue weighted by Gasteiger charge is -2.11. The van der Waals surface area contributed by atoms with Gasteiger partial charge in [-0.25, -0.2) is 12.8 Å². The van der Waals surface area contributed by atoms with Crippen LogP contribution in [0.4, 0.5) is 10.1 Å². The molecule has 0 unspecified atom stereocenters. The van der Waals surface area contributed by atoms with Crippen LogP contribution in [-0.2, 0) is 16.5 Å². The number of rotatable bonds is 4. The van der Waals surface area contributed by atoms with Crippen LogP contribution in [0.1, 0.15) is 5.56 Å². The molecule has 0 aliphatic carbocycles. The average molecular weight is 279 g/mol. The highest BCUT2D eigenvalue weighted by Gasteiger charge is 2.06. The zero-order valence-corrected chi connectivity index (χ0v) is 11.3. The standard InChI is InChI=1S/C14H14FNO2S/c1-16-14-8-10(9-19(17)18)2-7-13(14)11-3-5-12(15)6-4-11/h2-8,16,19H,9H2,1H3. The van der Waals surface area contributed by atoms with Gasteiger partial charge in [0.05, 0.1) is 5.75 Å². The number of benzene rings is 2. The average Bonchev–Trinajstić information content (AvgIpc) is 2.39. The van der Waals surface area contributed by atoms with Crippen molar-refractivity contribution in [3.8, 4) is 11.1 Å². The number of hydrogen-bond donors (Lipinski definition) is 2. The van der Waals surface area contributed by atoms with Gasteiger partial charge in [0.2, 0.25) is 0 Å². The molecular formula is C14H14FNO2S. The summed E-state index contributed by atoms with van der Waals surface area (Å²) in [5, 5.41) is 3.03. The van der Waals surface area contributed by atoms with Gasteiger partial charge in [0, 0.05) is 18.3 Å². The largest absolute Gasteiger partial charge is 0.388 e. The van der Waals surface area contributed by atoms with E-state index in [1.807, 2.05) is 6.07 Å². The molecule has 0 bridgehead atoms. The van der Waals surface area contributed by atoms with E-state index < -0.39 is 10.7 Å². The van der Waals surface area contributed by atoms with E-state index in [1.165, 1.54) is 12.1 Å². The predicted molar refractivity (Wildman–Crippen MR) is 75.4 cm³/mol. The van der Waals surface area contributed by atoms with Crippen LogP contribution in [0.15, 0.2) is 42.5 Å². The van der Waals surface area contributed by atoms with Crippen molar-refractivity contribution in [1.29, 1.82) is 0 Å². The summed E-state index contributed by atoms with van der Waals surface area (Å²) in [6, 6.07) is 11.6. The molecule has 5 heteroatoms. The Morgan fingerprint density at radius 1 is 1.11 bits per heavy atom. The molecule has 0 fully saturated rings. The van der Waals surface area contributed by atoms with Crippen LogP contribution < -0.4 is 5.32 Å². The summed E-state index contributed by atoms with van der Waals surface area (Å²) in [7, 11) is -0.673. The highest BCUT2D eigenvalue weighted by molar-refractivity contribution is 7.71. The Morgan fingerprint density at radius 3 is 2.37 bits per heavy atom. The normalized spacial score (nSPS) is 10.7. The van der Waals surface area contributed by atoms with Gasteiger partial charge in [0.1, 0.15) is 16.5 Å². The molecule has 2 aromatic carbocycles. The van der Waals surface area contributed by atoms with Crippen molar-refractivity contribution in [2.24, 2.45) is 0 Å². The Bertz CT molecular complexity index is 643. The Balaban J connectivity index is 2.43. The molecule has 0 heterocycles. The molecule has 0 spiro atoms. The second kappa shape index (κ2) is 5.84. The number of anilines is 1. The maximum Gasteiger partial charge on any atom is 0.144 e. The Morgan fingerprint density at radius 2 is 1.79 bits per heavy atom. The maximum atomic E-state index is 12.9. The Kier molecular flexibility index (Phi) is 4.16. The molecule has 1 N–H and O–H groups in total. The fourth-order valence-electron chi connectivity index (χ4n) is 1.93. The van der Waals surface area contributed by atoms with Crippen LogP contribution in [0.3, 0.4) is 0 Å². The fraction of sp³-hybridized carbons (Fsp3) is 0.143. The molecule has 2 rings (SSSR count). The topological polar surface area (TPSA) is 46.2 Å².